The molecule has 8 N–H and O–H groups in total. The lowest BCUT2D eigenvalue weighted by Crippen LogP contribution is -2.28. The van der Waals surface area contributed by atoms with Crippen LogP contribution in [-0.4, -0.2) is 107 Å². The number of methoxy groups -OCH3 is 1. The molecule has 18 heteroatoms. The average molecular weight is 752 g/mol. The van der Waals surface area contributed by atoms with Crippen molar-refractivity contribution in [2.75, 3.05) is 47.3 Å². The van der Waals surface area contributed by atoms with Crippen LogP contribution in [0.3, 0.4) is 0 Å². The SMILES string of the molecule is CC.CO.CO.COc1cc(C(Nc2ccc(C(=N)N)cc2)c2nn(-c3ccccc3C=O)c(=O)[nH]2)ccc1OC(C)CN(C)C.O=C(O)C(F)(F)F. The molecule has 53 heavy (non-hydrogen) atoms. The van der Waals surface area contributed by atoms with E-state index in [-0.39, 0.29) is 11.9 Å². The number of amidine groups is 1. The van der Waals surface area contributed by atoms with Gasteiger partial charge in [-0.1, -0.05) is 32.0 Å². The van der Waals surface area contributed by atoms with Crippen LogP contribution < -0.4 is 26.2 Å². The van der Waals surface area contributed by atoms with Crippen LogP contribution >= 0.6 is 0 Å². The number of halogens is 3. The van der Waals surface area contributed by atoms with Crippen molar-refractivity contribution in [2.24, 2.45) is 5.73 Å². The van der Waals surface area contributed by atoms with Crippen LogP contribution in [0.25, 0.3) is 5.69 Å². The molecular formula is C35H48F3N7O8. The number of hydrogen-bond acceptors (Lipinski definition) is 11. The molecule has 0 amide bonds. The zero-order chi connectivity index (χ0) is 40.9. The Hall–Kier alpha value is -5.72. The Balaban J connectivity index is 0.00000182. The molecule has 15 nitrogen and oxygen atoms in total. The number of nitrogens with zero attached hydrogens (tertiary/aromatic N) is 3. The minimum atomic E-state index is -5.08. The van der Waals surface area contributed by atoms with E-state index in [1.807, 2.05) is 58.0 Å². The van der Waals surface area contributed by atoms with Crippen molar-refractivity contribution in [3.63, 3.8) is 0 Å². The Morgan fingerprint density at radius 3 is 2.11 bits per heavy atom. The number of alkyl halides is 3. The van der Waals surface area contributed by atoms with Gasteiger partial charge in [0.1, 0.15) is 18.0 Å². The Bertz CT molecular complexity index is 1760. The van der Waals surface area contributed by atoms with E-state index in [4.69, 9.17) is 40.7 Å². The molecule has 1 aromatic heterocycles. The quantitative estimate of drug-likeness (QED) is 0.0618. The fraction of sp³-hybridized carbons (Fsp3) is 0.343. The van der Waals surface area contributed by atoms with Crippen LogP contribution in [0.1, 0.15) is 54.1 Å². The summed E-state index contributed by atoms with van der Waals surface area (Å²) < 4.78 is 44.7. The van der Waals surface area contributed by atoms with Gasteiger partial charge >= 0.3 is 17.8 Å². The molecule has 0 aliphatic rings. The summed E-state index contributed by atoms with van der Waals surface area (Å²) in [5, 5.41) is 36.8. The molecule has 4 aromatic rings. The van der Waals surface area contributed by atoms with Gasteiger partial charge < -0.3 is 40.7 Å². The molecule has 2 unspecified atom stereocenters. The normalized spacial score (nSPS) is 11.3. The van der Waals surface area contributed by atoms with Crippen LogP contribution in [0.15, 0.2) is 71.5 Å². The number of aldehydes is 1. The third-order valence-electron chi connectivity index (χ3n) is 6.42. The number of likely N-dealkylation sites (N-methyl/N-ethyl adjacent to an activating group) is 1. The summed E-state index contributed by atoms with van der Waals surface area (Å²) in [6.45, 7) is 6.71. The first kappa shape index (κ1) is 47.3. The number of nitrogens with one attached hydrogen (secondary N) is 3. The topological polar surface area (TPSA) is 229 Å². The highest BCUT2D eigenvalue weighted by Gasteiger charge is 2.38. The second-order valence-corrected chi connectivity index (χ2v) is 10.4. The van der Waals surface area contributed by atoms with Gasteiger partial charge in [0.05, 0.1) is 12.8 Å². The van der Waals surface area contributed by atoms with Crippen molar-refractivity contribution >= 4 is 23.8 Å². The molecule has 0 radical (unpaired) electrons. The predicted molar refractivity (Wildman–Crippen MR) is 195 cm³/mol. The average Bonchev–Trinajstić information content (AvgIpc) is 3.53. The minimum Gasteiger partial charge on any atom is -0.493 e. The molecule has 292 valence electrons. The first-order valence-corrected chi connectivity index (χ1v) is 15.8. The van der Waals surface area contributed by atoms with Gasteiger partial charge in [-0.3, -0.25) is 15.2 Å². The molecule has 0 saturated heterocycles. The summed E-state index contributed by atoms with van der Waals surface area (Å²) in [6, 6.07) is 18.7. The van der Waals surface area contributed by atoms with Crippen LogP contribution in [0.2, 0.25) is 0 Å². The van der Waals surface area contributed by atoms with E-state index in [2.05, 4.69) is 15.4 Å². The van der Waals surface area contributed by atoms with Crippen molar-refractivity contribution < 1.29 is 47.6 Å². The summed E-state index contributed by atoms with van der Waals surface area (Å²) in [5.74, 6) is -1.37. The monoisotopic (exact) mass is 751 g/mol. The number of ether oxygens (including phenoxy) is 2. The van der Waals surface area contributed by atoms with Crippen LogP contribution in [0.5, 0.6) is 11.5 Å². The van der Waals surface area contributed by atoms with Crippen molar-refractivity contribution in [1.82, 2.24) is 19.7 Å². The number of carboxylic acid groups (broad SMARTS) is 1. The number of aromatic nitrogens is 3. The number of hydrogen-bond donors (Lipinski definition) is 7. The number of aliphatic hydroxyl groups is 2. The predicted octanol–water partition coefficient (Wildman–Crippen LogP) is 4.07. The molecule has 0 aliphatic carbocycles. The summed E-state index contributed by atoms with van der Waals surface area (Å²) >= 11 is 0. The first-order chi connectivity index (χ1) is 25.1. The van der Waals surface area contributed by atoms with Crippen LogP contribution in [-0.2, 0) is 4.79 Å². The fourth-order valence-corrected chi connectivity index (χ4v) is 4.37. The molecule has 2 atom stereocenters. The zero-order valence-electron chi connectivity index (χ0n) is 30.7. The van der Waals surface area contributed by atoms with E-state index in [0.29, 0.717) is 46.1 Å². The Kier molecular flexibility index (Phi) is 21.1. The van der Waals surface area contributed by atoms with Crippen molar-refractivity contribution in [1.29, 1.82) is 5.41 Å². The van der Waals surface area contributed by atoms with Crippen molar-refractivity contribution in [2.45, 2.75) is 39.1 Å². The largest absolute Gasteiger partial charge is 0.493 e. The van der Waals surface area contributed by atoms with Crippen molar-refractivity contribution in [3.8, 4) is 17.2 Å². The second-order valence-electron chi connectivity index (χ2n) is 10.4. The Morgan fingerprint density at radius 1 is 1.06 bits per heavy atom. The van der Waals surface area contributed by atoms with Gasteiger partial charge in [0.15, 0.2) is 23.6 Å². The maximum absolute atomic E-state index is 13.0. The van der Waals surface area contributed by atoms with E-state index < -0.39 is 23.9 Å². The number of nitrogen functional groups attached to an aromatic ring is 1. The number of aromatic amines is 1. The van der Waals surface area contributed by atoms with Gasteiger partial charge in [-0.2, -0.15) is 17.9 Å². The lowest BCUT2D eigenvalue weighted by molar-refractivity contribution is -0.192. The molecule has 3 aromatic carbocycles. The summed E-state index contributed by atoms with van der Waals surface area (Å²) in [5.41, 5.74) is 7.85. The molecule has 0 spiro atoms. The molecule has 0 bridgehead atoms. The maximum atomic E-state index is 13.0. The number of aliphatic hydroxyl groups excluding tert-OH is 2. The number of nitrogens with two attached hydrogens (primary N) is 1. The number of carbonyl (C=O) groups is 2. The zero-order valence-corrected chi connectivity index (χ0v) is 30.7. The third kappa shape index (κ3) is 14.8. The van der Waals surface area contributed by atoms with E-state index in [9.17, 15) is 22.8 Å². The summed E-state index contributed by atoms with van der Waals surface area (Å²) in [4.78, 5) is 38.4. The van der Waals surface area contributed by atoms with Gasteiger partial charge in [-0.25, -0.2) is 9.59 Å². The smallest absolute Gasteiger partial charge is 0.490 e. The highest BCUT2D eigenvalue weighted by molar-refractivity contribution is 5.95. The van der Waals surface area contributed by atoms with Crippen molar-refractivity contribution in [3.05, 3.63) is 99.7 Å². The van der Waals surface area contributed by atoms with E-state index in [1.54, 1.807) is 55.6 Å². The summed E-state index contributed by atoms with van der Waals surface area (Å²) in [7, 11) is 7.53. The van der Waals surface area contributed by atoms with Gasteiger partial charge in [0, 0.05) is 37.6 Å². The fourth-order valence-electron chi connectivity index (χ4n) is 4.37. The van der Waals surface area contributed by atoms with Gasteiger partial charge in [-0.05, 0) is 75.1 Å². The van der Waals surface area contributed by atoms with Gasteiger partial charge in [0.25, 0.3) is 0 Å². The number of benzene rings is 3. The summed E-state index contributed by atoms with van der Waals surface area (Å²) in [6.07, 6.45) is -4.48. The van der Waals surface area contributed by atoms with Gasteiger partial charge in [-0.15, -0.1) is 5.10 Å². The molecular weight excluding hydrogens is 703 g/mol. The molecule has 1 heterocycles. The highest BCUT2D eigenvalue weighted by Crippen LogP contribution is 2.34. The highest BCUT2D eigenvalue weighted by atomic mass is 19.4. The standard InChI is InChI=1S/C29H33N7O4.C2HF3O2.C2H6.2CH4O/c1-18(16-35(2)3)40-24-14-11-20(15-25(24)39-4)26(32-22-12-9-19(10-13-22)27(30)31)28-33-29(38)36(34-28)23-8-6-5-7-21(23)17-37;3-2(4,5)1(6)7;3*1-2/h5-15,17-18,26,32H,16H2,1-4H3,(H3,30,31)(H,33,34,38);(H,6,7);1-2H3;2*2H,1H3. The van der Waals surface area contributed by atoms with Crippen LogP contribution in [0.4, 0.5) is 18.9 Å². The number of rotatable bonds is 12. The van der Waals surface area contributed by atoms with Crippen LogP contribution in [0, 0.1) is 5.41 Å². The Labute approximate surface area is 305 Å². The number of aliphatic carboxylic acids is 1. The maximum Gasteiger partial charge on any atom is 0.490 e. The molecule has 0 fully saturated rings. The van der Waals surface area contributed by atoms with E-state index in [1.165, 1.54) is 4.68 Å². The van der Waals surface area contributed by atoms with Gasteiger partial charge in [0.2, 0.25) is 0 Å². The van der Waals surface area contributed by atoms with E-state index >= 15 is 0 Å². The number of para-hydroxylation sites is 1. The van der Waals surface area contributed by atoms with E-state index in [0.717, 1.165) is 26.3 Å². The molecule has 4 rings (SSSR count). The third-order valence-corrected chi connectivity index (χ3v) is 6.42. The minimum absolute atomic E-state index is 0.0381. The lowest BCUT2D eigenvalue weighted by Gasteiger charge is -2.22. The lowest BCUT2D eigenvalue weighted by atomic mass is 10.0. The number of carboxylic acids is 1. The molecule has 0 saturated carbocycles. The molecule has 0 aliphatic heterocycles. The number of anilines is 1. The second kappa shape index (κ2) is 23.7. The first-order valence-electron chi connectivity index (χ1n) is 15.8. The Morgan fingerprint density at radius 2 is 1.62 bits per heavy atom. The number of H-pyrrole nitrogens is 1. The number of carbonyl (C=O) groups excluding carboxylic acids is 1.